The van der Waals surface area contributed by atoms with Crippen molar-refractivity contribution >= 4 is 17.1 Å². The fourth-order valence-corrected chi connectivity index (χ4v) is 6.59. The van der Waals surface area contributed by atoms with Crippen LogP contribution in [0.2, 0.25) is 0 Å². The molecular formula is C51H81FeN3O6. The van der Waals surface area contributed by atoms with Crippen molar-refractivity contribution < 1.29 is 48.0 Å². The Labute approximate surface area is 380 Å². The van der Waals surface area contributed by atoms with Crippen LogP contribution in [0.3, 0.4) is 0 Å². The van der Waals surface area contributed by atoms with Gasteiger partial charge in [0.1, 0.15) is 0 Å². The van der Waals surface area contributed by atoms with Crippen LogP contribution < -0.4 is 0 Å². The summed E-state index contributed by atoms with van der Waals surface area (Å²) in [6.45, 7) is 19.9. The van der Waals surface area contributed by atoms with Crippen molar-refractivity contribution in [3.63, 3.8) is 0 Å². The van der Waals surface area contributed by atoms with Crippen LogP contribution in [0.5, 0.6) is 0 Å². The first-order chi connectivity index (χ1) is 28.3. The van der Waals surface area contributed by atoms with Crippen LogP contribution in [0.1, 0.15) is 175 Å². The monoisotopic (exact) mass is 888 g/mol. The molecule has 0 bridgehead atoms. The summed E-state index contributed by atoms with van der Waals surface area (Å²) in [5.41, 5.74) is 5.62. The summed E-state index contributed by atoms with van der Waals surface area (Å²) in [5.74, 6) is 0. The van der Waals surface area contributed by atoms with Gasteiger partial charge in [0.2, 0.25) is 0 Å². The summed E-state index contributed by atoms with van der Waals surface area (Å²) >= 11 is 0. The third kappa shape index (κ3) is 30.2. The van der Waals surface area contributed by atoms with Crippen molar-refractivity contribution in [1.29, 1.82) is 0 Å². The Kier molecular flexibility index (Phi) is 29.5. The van der Waals surface area contributed by atoms with Crippen LogP contribution in [0.15, 0.2) is 106 Å². The normalized spacial score (nSPS) is 14.1. The van der Waals surface area contributed by atoms with Crippen molar-refractivity contribution in [2.24, 2.45) is 31.7 Å². The molecule has 3 unspecified atom stereocenters. The number of benzene rings is 3. The molecule has 9 nitrogen and oxygen atoms in total. The molecule has 3 atom stereocenters. The Hall–Kier alpha value is -3.53. The van der Waals surface area contributed by atoms with Crippen LogP contribution >= 0.6 is 0 Å². The maximum absolute atomic E-state index is 10.0. The first-order valence-electron chi connectivity index (χ1n) is 22.1. The minimum Gasteiger partial charge on any atom is -0.411 e. The Morgan fingerprint density at radius 1 is 0.393 bits per heavy atom. The SMILES string of the molecule is CC(C)(C)CCCC(O)CC/C(=N\O)c1ccccc1.CC(C)(C)CCCC(O)CC/C(=N\O)c1ccccc1.CC(C)(C)CCCC(O)CC/C(=N\O)c1ccccc1.[Fe]. The van der Waals surface area contributed by atoms with Gasteiger partial charge in [0.15, 0.2) is 0 Å². The van der Waals surface area contributed by atoms with Crippen LogP contribution in [0, 0.1) is 16.2 Å². The van der Waals surface area contributed by atoms with Crippen LogP contribution in [-0.4, -0.2) is 66.4 Å². The quantitative estimate of drug-likeness (QED) is 0.0270. The van der Waals surface area contributed by atoms with E-state index in [9.17, 15) is 15.3 Å². The smallest absolute Gasteiger partial charge is 0.0868 e. The largest absolute Gasteiger partial charge is 0.411 e. The standard InChI is InChI=1S/3C17H27NO2.Fe/c3*1-17(2,3)13-7-10-15(19)11-12-16(18-20)14-8-5-4-6-9-14;/h3*4-6,8-9,15,19-20H,7,10-13H2,1-3H3;/b3*18-16+;. The summed E-state index contributed by atoms with van der Waals surface area (Å²) in [7, 11) is 0. The number of nitrogens with zero attached hydrogens (tertiary/aromatic N) is 3. The second-order valence-corrected chi connectivity index (χ2v) is 19.7. The van der Waals surface area contributed by atoms with Gasteiger partial charge in [-0.2, -0.15) is 0 Å². The molecule has 0 aliphatic heterocycles. The van der Waals surface area contributed by atoms with E-state index in [0.29, 0.717) is 71.9 Å². The molecule has 0 fully saturated rings. The molecule has 3 rings (SSSR count). The summed E-state index contributed by atoms with van der Waals surface area (Å²) in [5, 5.41) is 67.3. The maximum Gasteiger partial charge on any atom is 0.0868 e. The van der Waals surface area contributed by atoms with E-state index in [4.69, 9.17) is 15.6 Å². The van der Waals surface area contributed by atoms with Gasteiger partial charge < -0.3 is 30.9 Å². The topological polar surface area (TPSA) is 158 Å². The summed E-state index contributed by atoms with van der Waals surface area (Å²) in [6.07, 6.45) is 11.6. The minimum atomic E-state index is -0.321. The Bertz CT molecular complexity index is 1420. The first kappa shape index (κ1) is 57.5. The minimum absolute atomic E-state index is 0. The molecule has 6 N–H and O–H groups in total. The van der Waals surface area contributed by atoms with Gasteiger partial charge in [-0.15, -0.1) is 0 Å². The summed E-state index contributed by atoms with van der Waals surface area (Å²) in [4.78, 5) is 0. The van der Waals surface area contributed by atoms with Gasteiger partial charge >= 0.3 is 0 Å². The summed E-state index contributed by atoms with van der Waals surface area (Å²) in [6, 6.07) is 28.8. The van der Waals surface area contributed by atoms with Gasteiger partial charge in [0.25, 0.3) is 0 Å². The molecule has 61 heavy (non-hydrogen) atoms. The Morgan fingerprint density at radius 2 is 0.607 bits per heavy atom. The van der Waals surface area contributed by atoms with Crippen LogP contribution in [-0.2, 0) is 17.1 Å². The predicted octanol–water partition coefficient (Wildman–Crippen LogP) is 12.7. The average molecular weight is 888 g/mol. The molecule has 0 aliphatic rings. The van der Waals surface area contributed by atoms with E-state index in [1.54, 1.807) is 0 Å². The Balaban J connectivity index is 0.000000878. The Morgan fingerprint density at radius 3 is 0.787 bits per heavy atom. The third-order valence-corrected chi connectivity index (χ3v) is 10.2. The number of oxime groups is 3. The van der Waals surface area contributed by atoms with Crippen molar-refractivity contribution in [1.82, 2.24) is 0 Å². The molecule has 10 heteroatoms. The van der Waals surface area contributed by atoms with Gasteiger partial charge in [-0.05, 0) is 110 Å². The fraction of sp³-hybridized carbons (Fsp3) is 0.588. The second-order valence-electron chi connectivity index (χ2n) is 19.7. The molecule has 0 saturated heterocycles. The number of hydrogen-bond donors (Lipinski definition) is 6. The van der Waals surface area contributed by atoms with Crippen molar-refractivity contribution in [3.05, 3.63) is 108 Å². The molecule has 0 aromatic heterocycles. The molecule has 0 saturated carbocycles. The zero-order valence-electron chi connectivity index (χ0n) is 38.9. The molecule has 0 amide bonds. The van der Waals surface area contributed by atoms with E-state index >= 15 is 0 Å². The fourth-order valence-electron chi connectivity index (χ4n) is 6.59. The van der Waals surface area contributed by atoms with Crippen LogP contribution in [0.4, 0.5) is 0 Å². The average Bonchev–Trinajstić information content (AvgIpc) is 3.19. The van der Waals surface area contributed by atoms with E-state index < -0.39 is 0 Å². The number of hydrogen-bond acceptors (Lipinski definition) is 9. The van der Waals surface area contributed by atoms with E-state index in [1.165, 1.54) is 0 Å². The van der Waals surface area contributed by atoms with Gasteiger partial charge in [-0.1, -0.05) is 188 Å². The van der Waals surface area contributed by atoms with Crippen molar-refractivity contribution in [2.75, 3.05) is 0 Å². The predicted molar refractivity (Wildman–Crippen MR) is 250 cm³/mol. The molecule has 0 radical (unpaired) electrons. The van der Waals surface area contributed by atoms with Gasteiger partial charge in [-0.3, -0.25) is 0 Å². The molecule has 3 aromatic carbocycles. The molecule has 0 heterocycles. The number of aliphatic hydroxyl groups excluding tert-OH is 3. The molecule has 344 valence electrons. The molecule has 3 aromatic rings. The maximum atomic E-state index is 10.0. The van der Waals surface area contributed by atoms with Crippen molar-refractivity contribution in [2.45, 2.75) is 177 Å². The van der Waals surface area contributed by atoms with E-state index in [1.807, 2.05) is 91.0 Å². The number of rotatable bonds is 21. The van der Waals surface area contributed by atoms with Gasteiger partial charge in [0, 0.05) is 17.1 Å². The first-order valence-corrected chi connectivity index (χ1v) is 22.1. The van der Waals surface area contributed by atoms with Gasteiger partial charge in [0.05, 0.1) is 35.4 Å². The van der Waals surface area contributed by atoms with Crippen molar-refractivity contribution in [3.8, 4) is 0 Å². The van der Waals surface area contributed by atoms with E-state index in [2.05, 4.69) is 77.8 Å². The zero-order chi connectivity index (χ0) is 45.0. The third-order valence-electron chi connectivity index (χ3n) is 10.2. The van der Waals surface area contributed by atoms with E-state index in [-0.39, 0.29) is 35.4 Å². The molecule has 0 spiro atoms. The second kappa shape index (κ2) is 31.3. The van der Waals surface area contributed by atoms with Crippen LogP contribution in [0.25, 0.3) is 0 Å². The number of aliphatic hydroxyl groups is 3. The molecule has 0 aliphatic carbocycles. The van der Waals surface area contributed by atoms with E-state index in [0.717, 1.165) is 74.5 Å². The van der Waals surface area contributed by atoms with Gasteiger partial charge in [-0.25, -0.2) is 0 Å². The zero-order valence-corrected chi connectivity index (χ0v) is 40.0. The molecular weight excluding hydrogens is 806 g/mol. The summed E-state index contributed by atoms with van der Waals surface area (Å²) < 4.78 is 0.